The van der Waals surface area contributed by atoms with Gasteiger partial charge >= 0.3 is 22.5 Å². The van der Waals surface area contributed by atoms with Crippen LogP contribution in [0.1, 0.15) is 41.5 Å². The van der Waals surface area contributed by atoms with Crippen LogP contribution >= 0.6 is 58.6 Å². The van der Waals surface area contributed by atoms with Crippen LogP contribution in [-0.4, -0.2) is 94.4 Å². The Morgan fingerprint density at radius 1 is 0.306 bits per heavy atom. The molecule has 27 nitrogen and oxygen atoms in total. The molecular formula is C111H84ClF4N5O22S4. The Labute approximate surface area is 851 Å². The molecule has 0 radical (unpaired) electrons. The molecular weight excluding hydrogens is 1990 g/mol. The summed E-state index contributed by atoms with van der Waals surface area (Å²) in [6.07, 6.45) is 3.31. The Bertz CT molecular complexity index is 8800. The largest absolute Gasteiger partial charge is 0.505 e. The number of ether oxygens (including phenoxy) is 6. The number of pyridine rings is 4. The fourth-order valence-corrected chi connectivity index (χ4v) is 20.7. The number of rotatable bonds is 23. The summed E-state index contributed by atoms with van der Waals surface area (Å²) in [6.45, 7) is 2.50. The third kappa shape index (κ3) is 20.6. The Balaban J connectivity index is 0.000000128. The molecule has 0 bridgehead atoms. The van der Waals surface area contributed by atoms with Crippen molar-refractivity contribution in [1.82, 2.24) is 18.3 Å². The van der Waals surface area contributed by atoms with E-state index < -0.39 is 85.2 Å². The summed E-state index contributed by atoms with van der Waals surface area (Å²) in [5.41, 5.74) is 0.410. The van der Waals surface area contributed by atoms with Gasteiger partial charge in [-0.1, -0.05) is 174 Å². The van der Waals surface area contributed by atoms with Gasteiger partial charge in [-0.3, -0.25) is 19.2 Å². The quantitative estimate of drug-likeness (QED) is 0.0341. The summed E-state index contributed by atoms with van der Waals surface area (Å²) in [6, 6.07) is 72.8. The molecule has 147 heavy (non-hydrogen) atoms. The third-order valence-electron chi connectivity index (χ3n) is 24.4. The number of piperidine rings is 1. The molecule has 4 N–H and O–H groups in total. The Morgan fingerprint density at radius 3 is 0.912 bits per heavy atom. The van der Waals surface area contributed by atoms with Crippen LogP contribution in [0.2, 0.25) is 5.02 Å². The zero-order valence-electron chi connectivity index (χ0n) is 78.7. The first-order chi connectivity index (χ1) is 71.1. The van der Waals surface area contributed by atoms with Crippen molar-refractivity contribution >= 4 is 152 Å². The minimum atomic E-state index is -0.899. The molecule has 9 heterocycles. The van der Waals surface area contributed by atoms with Crippen molar-refractivity contribution in [3.05, 3.63) is 401 Å². The van der Waals surface area contributed by atoms with E-state index in [9.17, 15) is 76.3 Å². The highest BCUT2D eigenvalue weighted by molar-refractivity contribution is 8.00. The number of halogens is 5. The standard InChI is InChI=1S/C30H24F2N2O4S.C27H20ClNO6S.2C27H20FNO6S/c31-19-6-4-18(5-7-19)17-34-24-13-10-21(33-14-2-1-3-15-33)16-23(24)27-25(29(34)36)26(35)28(30(37)38-27)39-22-11-8-20(32)9-12-22;1-33-20-12-18-19(13-21(20)34-2)29(14-15-6-4-3-5-7-15)26(31)22-23(30)25(27(32)35-24(18)22)36-17-10-8-16(28)9-11-17;1-33-19-12-16-18(13-20(19)34-2)29(14-15-8-4-3-5-9-15)26(31)22-23(30)25(27(32)35-24(16)22)36-21-11-7-6-10-17(21)28;1-33-20-12-18-19(13-21(20)34-2)29(14-15-6-4-3-5-7-15)26(31)22-23(30)25(27(32)35-24(18)22)36-17-10-8-16(28)9-11-17/h4-13,16,35H,1-3,14-15,17H2;3*3-13,30H,14H2,1-2H3. The van der Waals surface area contributed by atoms with Crippen LogP contribution in [0.15, 0.2) is 362 Å². The van der Waals surface area contributed by atoms with Gasteiger partial charge in [-0.2, -0.15) is 0 Å². The van der Waals surface area contributed by atoms with Crippen molar-refractivity contribution in [1.29, 1.82) is 0 Å². The molecule has 1 aliphatic rings. The van der Waals surface area contributed by atoms with Crippen LogP contribution in [-0.2, 0) is 26.2 Å². The molecule has 0 atom stereocenters. The van der Waals surface area contributed by atoms with Crippen LogP contribution in [0.25, 0.3) is 87.5 Å². The van der Waals surface area contributed by atoms with Gasteiger partial charge in [0.25, 0.3) is 22.2 Å². The average molecular weight is 2080 g/mol. The molecule has 0 saturated carbocycles. The van der Waals surface area contributed by atoms with E-state index in [4.69, 9.17) is 57.7 Å². The highest BCUT2D eigenvalue weighted by Crippen LogP contribution is 2.47. The van der Waals surface area contributed by atoms with Crippen molar-refractivity contribution in [3.8, 4) is 57.5 Å². The number of hydrogen-bond acceptors (Lipinski definition) is 27. The van der Waals surface area contributed by atoms with Gasteiger partial charge in [-0.15, -0.1) is 0 Å². The van der Waals surface area contributed by atoms with Gasteiger partial charge in [-0.05, 0) is 175 Å². The van der Waals surface area contributed by atoms with Crippen molar-refractivity contribution in [2.75, 3.05) is 60.6 Å². The SMILES string of the molecule is COc1cc2c3oc(=O)c(Sc4ccc(Cl)cc4)c(O)c3c(=O)n(Cc3ccccc3)c2cc1OC.COc1cc2c3oc(=O)c(Sc4ccc(F)cc4)c(O)c3c(=O)n(Cc3ccccc3)c2cc1OC.COc1cc2c3oc(=O)c(Sc4ccccc4F)c(O)c3c(=O)n(Cc3ccccc3)c2cc1OC.O=c1oc2c(c(O)c1Sc1ccc(F)cc1)c(=O)n(Cc1ccc(F)cc1)c1ccc(N3CCCCC3)cc21. The van der Waals surface area contributed by atoms with Crippen molar-refractivity contribution in [2.45, 2.75) is 84.6 Å². The first-order valence-corrected chi connectivity index (χ1v) is 48.9. The van der Waals surface area contributed by atoms with E-state index >= 15 is 0 Å². The number of benzene rings is 12. The second kappa shape index (κ2) is 43.6. The molecule has 0 aliphatic carbocycles. The minimum Gasteiger partial charge on any atom is -0.505 e. The lowest BCUT2D eigenvalue weighted by Gasteiger charge is -2.29. The number of methoxy groups -OCH3 is 6. The zero-order chi connectivity index (χ0) is 103. The summed E-state index contributed by atoms with van der Waals surface area (Å²) in [5, 5.41) is 46.6. The summed E-state index contributed by atoms with van der Waals surface area (Å²) >= 11 is 9.43. The second-order valence-electron chi connectivity index (χ2n) is 33.4. The van der Waals surface area contributed by atoms with Gasteiger partial charge in [0.05, 0.1) is 90.9 Å². The van der Waals surface area contributed by atoms with Gasteiger partial charge in [0.1, 0.15) is 64.4 Å². The first kappa shape index (κ1) is 101. The molecule has 36 heteroatoms. The van der Waals surface area contributed by atoms with E-state index in [1.54, 1.807) is 78.9 Å². The molecule has 12 aromatic carbocycles. The Hall–Kier alpha value is -16.5. The predicted octanol–water partition coefficient (Wildman–Crippen LogP) is 22.3. The molecule has 8 aromatic heterocycles. The lowest BCUT2D eigenvalue weighted by atomic mass is 10.1. The van der Waals surface area contributed by atoms with Crippen LogP contribution in [0.3, 0.4) is 0 Å². The Morgan fingerprint density at radius 2 is 0.585 bits per heavy atom. The average Bonchev–Trinajstić information content (AvgIpc) is 0.738. The van der Waals surface area contributed by atoms with Crippen LogP contribution in [0.5, 0.6) is 57.5 Å². The van der Waals surface area contributed by atoms with Crippen LogP contribution in [0, 0.1) is 23.3 Å². The number of anilines is 1. The predicted molar refractivity (Wildman–Crippen MR) is 558 cm³/mol. The molecule has 1 aliphatic heterocycles. The lowest BCUT2D eigenvalue weighted by Crippen LogP contribution is -2.29. The second-order valence-corrected chi connectivity index (χ2v) is 38.1. The zero-order valence-corrected chi connectivity index (χ0v) is 82.7. The maximum Gasteiger partial charge on any atom is 0.354 e. The van der Waals surface area contributed by atoms with E-state index in [1.807, 2.05) is 109 Å². The fourth-order valence-electron chi connectivity index (χ4n) is 17.2. The molecule has 1 fully saturated rings. The van der Waals surface area contributed by atoms with Crippen LogP contribution < -0.4 is 78.1 Å². The van der Waals surface area contributed by atoms with Gasteiger partial charge < -0.3 is 89.7 Å². The van der Waals surface area contributed by atoms with Gasteiger partial charge in [0.2, 0.25) is 0 Å². The smallest absolute Gasteiger partial charge is 0.354 e. The molecule has 0 amide bonds. The number of aromatic nitrogens is 4. The molecule has 20 aromatic rings. The summed E-state index contributed by atoms with van der Waals surface area (Å²) in [5.74, 6) is -1.55. The van der Waals surface area contributed by atoms with E-state index in [0.717, 1.165) is 83.6 Å². The third-order valence-corrected chi connectivity index (χ3v) is 29.0. The van der Waals surface area contributed by atoms with Gasteiger partial charge in [0.15, 0.2) is 79.8 Å². The van der Waals surface area contributed by atoms with Crippen molar-refractivity contribution in [3.63, 3.8) is 0 Å². The highest BCUT2D eigenvalue weighted by atomic mass is 35.5. The summed E-state index contributed by atoms with van der Waals surface area (Å²) in [4.78, 5) is 111. The summed E-state index contributed by atoms with van der Waals surface area (Å²) in [7, 11) is 8.87. The number of fused-ring (bicyclic) bond motifs is 12. The van der Waals surface area contributed by atoms with E-state index in [2.05, 4.69) is 4.90 Å². The first-order valence-electron chi connectivity index (χ1n) is 45.3. The fraction of sp³-hybridized carbons (Fsp3) is 0.135. The molecule has 0 spiro atoms. The van der Waals surface area contributed by atoms with Crippen molar-refractivity contribution in [2.24, 2.45) is 0 Å². The van der Waals surface area contributed by atoms with Crippen molar-refractivity contribution < 1.29 is 84.1 Å². The number of hydrogen-bond donors (Lipinski definition) is 4. The monoisotopic (exact) mass is 2080 g/mol. The maximum absolute atomic E-state index is 14.3. The van der Waals surface area contributed by atoms with E-state index in [1.165, 1.54) is 146 Å². The topological polar surface area (TPSA) is 348 Å². The molecule has 0 unspecified atom stereocenters. The number of nitrogens with zero attached hydrogens (tertiary/aromatic N) is 5. The van der Waals surface area contributed by atoms with E-state index in [-0.39, 0.29) is 100 Å². The molecule has 1 saturated heterocycles. The van der Waals surface area contributed by atoms with Crippen LogP contribution in [0.4, 0.5) is 23.2 Å². The molecule has 744 valence electrons. The molecule has 21 rings (SSSR count). The number of aromatic hydroxyl groups is 4. The summed E-state index contributed by atoms with van der Waals surface area (Å²) < 4.78 is 116. The maximum atomic E-state index is 14.3. The van der Waals surface area contributed by atoms with E-state index in [0.29, 0.717) is 115 Å². The lowest BCUT2D eigenvalue weighted by molar-refractivity contribution is 0.355. The highest BCUT2D eigenvalue weighted by Gasteiger charge is 2.31. The van der Waals surface area contributed by atoms with Gasteiger partial charge in [0, 0.05) is 83.1 Å². The minimum absolute atomic E-state index is 0.00942. The Kier molecular flexibility index (Phi) is 29.8. The normalized spacial score (nSPS) is 11.9. The van der Waals surface area contributed by atoms with Gasteiger partial charge in [-0.25, -0.2) is 36.7 Å².